The van der Waals surface area contributed by atoms with Crippen LogP contribution in [0.1, 0.15) is 90.5 Å². The van der Waals surface area contributed by atoms with E-state index in [1.54, 1.807) is 0 Å². The molecule has 1 aromatic rings. The molecule has 0 aliphatic rings. The highest BCUT2D eigenvalue weighted by Gasteiger charge is 2.31. The average molecular weight is 455 g/mol. The molecule has 0 saturated carbocycles. The predicted molar refractivity (Wildman–Crippen MR) is 128 cm³/mol. The van der Waals surface area contributed by atoms with Crippen molar-refractivity contribution in [3.8, 4) is 0 Å². The fourth-order valence-electron chi connectivity index (χ4n) is 3.22. The molecule has 1 atom stereocenters. The minimum absolute atomic E-state index is 0.134. The van der Waals surface area contributed by atoms with E-state index in [0.29, 0.717) is 26.1 Å². The van der Waals surface area contributed by atoms with Crippen LogP contribution in [0.2, 0.25) is 0 Å². The maximum atomic E-state index is 13.4. The summed E-state index contributed by atoms with van der Waals surface area (Å²) >= 11 is 0. The van der Waals surface area contributed by atoms with Crippen LogP contribution in [0.3, 0.4) is 0 Å². The first kappa shape index (κ1) is 27.9. The van der Waals surface area contributed by atoms with Gasteiger partial charge in [-0.15, -0.1) is 0 Å². The molecule has 1 unspecified atom stereocenters. The molecule has 1 aromatic carbocycles. The van der Waals surface area contributed by atoms with Gasteiger partial charge in [0.2, 0.25) is 0 Å². The van der Waals surface area contributed by atoms with Gasteiger partial charge in [-0.3, -0.25) is 9.36 Å². The molecule has 0 N–H and O–H groups in total. The van der Waals surface area contributed by atoms with Crippen molar-refractivity contribution in [3.63, 3.8) is 0 Å². The molecule has 31 heavy (non-hydrogen) atoms. The highest BCUT2D eigenvalue weighted by atomic mass is 31.2. The van der Waals surface area contributed by atoms with Gasteiger partial charge in [0, 0.05) is 6.42 Å². The highest BCUT2D eigenvalue weighted by molar-refractivity contribution is 7.53. The first-order valence-electron chi connectivity index (χ1n) is 12.1. The number of carbonyl (C=O) groups excluding carboxylic acids is 1. The summed E-state index contributed by atoms with van der Waals surface area (Å²) < 4.78 is 30.7. The number of ether oxygens (including phenoxy) is 1. The molecular formula is C25H43O5P. The van der Waals surface area contributed by atoms with Crippen LogP contribution in [0.15, 0.2) is 30.3 Å². The molecule has 0 amide bonds. The van der Waals surface area contributed by atoms with Crippen LogP contribution in [-0.4, -0.2) is 31.4 Å². The third kappa shape index (κ3) is 13.8. The molecule has 0 spiro atoms. The zero-order valence-corrected chi connectivity index (χ0v) is 20.7. The van der Waals surface area contributed by atoms with E-state index < -0.39 is 13.7 Å². The summed E-state index contributed by atoms with van der Waals surface area (Å²) in [5, 5.41) is 0. The average Bonchev–Trinajstić information content (AvgIpc) is 2.75. The largest absolute Gasteiger partial charge is 0.462 e. The van der Waals surface area contributed by atoms with E-state index in [-0.39, 0.29) is 12.1 Å². The van der Waals surface area contributed by atoms with E-state index in [2.05, 4.69) is 32.9 Å². The summed E-state index contributed by atoms with van der Waals surface area (Å²) in [5.74, 6) is -0.216. The lowest BCUT2D eigenvalue weighted by molar-refractivity contribution is -0.148. The lowest BCUT2D eigenvalue weighted by Crippen LogP contribution is -2.24. The SMILES string of the molecule is CCCCCC(=O)OC(CCCc1ccccc1)CP(=O)(OCCCC)OCCCC. The lowest BCUT2D eigenvalue weighted by Gasteiger charge is -2.24. The van der Waals surface area contributed by atoms with Crippen molar-refractivity contribution in [2.75, 3.05) is 19.4 Å². The van der Waals surface area contributed by atoms with E-state index in [1.807, 2.05) is 18.2 Å². The van der Waals surface area contributed by atoms with Crippen molar-refractivity contribution in [2.45, 2.75) is 97.5 Å². The Hall–Kier alpha value is -1.16. The fraction of sp³-hybridized carbons (Fsp3) is 0.720. The Morgan fingerprint density at radius 1 is 0.871 bits per heavy atom. The van der Waals surface area contributed by atoms with Gasteiger partial charge in [0.1, 0.15) is 6.10 Å². The molecule has 0 heterocycles. The van der Waals surface area contributed by atoms with Gasteiger partial charge in [-0.25, -0.2) is 0 Å². The van der Waals surface area contributed by atoms with Crippen LogP contribution in [-0.2, 0) is 29.6 Å². The molecule has 0 bridgehead atoms. The maximum absolute atomic E-state index is 13.4. The van der Waals surface area contributed by atoms with Gasteiger partial charge >= 0.3 is 13.6 Å². The monoisotopic (exact) mass is 454 g/mol. The number of aryl methyl sites for hydroxylation is 1. The van der Waals surface area contributed by atoms with Crippen molar-refractivity contribution in [1.29, 1.82) is 0 Å². The minimum Gasteiger partial charge on any atom is -0.462 e. The summed E-state index contributed by atoms with van der Waals surface area (Å²) in [6.45, 7) is 7.05. The van der Waals surface area contributed by atoms with Gasteiger partial charge < -0.3 is 13.8 Å². The number of rotatable bonds is 19. The smallest absolute Gasteiger partial charge is 0.334 e. The Labute approximate surface area is 189 Å². The van der Waals surface area contributed by atoms with Gasteiger partial charge in [0.05, 0.1) is 19.4 Å². The number of carbonyl (C=O) groups is 1. The molecule has 0 saturated heterocycles. The number of unbranched alkanes of at least 4 members (excludes halogenated alkanes) is 4. The topological polar surface area (TPSA) is 61.8 Å². The minimum atomic E-state index is -3.31. The quantitative estimate of drug-likeness (QED) is 0.124. The Morgan fingerprint density at radius 2 is 1.48 bits per heavy atom. The molecular weight excluding hydrogens is 411 g/mol. The van der Waals surface area contributed by atoms with Gasteiger partial charge in [-0.1, -0.05) is 76.8 Å². The predicted octanol–water partition coefficient (Wildman–Crippen LogP) is 7.33. The molecule has 178 valence electrons. The third-order valence-corrected chi connectivity index (χ3v) is 7.12. The van der Waals surface area contributed by atoms with Gasteiger partial charge in [-0.2, -0.15) is 0 Å². The molecule has 0 aliphatic carbocycles. The van der Waals surface area contributed by atoms with E-state index in [0.717, 1.165) is 57.8 Å². The van der Waals surface area contributed by atoms with Crippen LogP contribution in [0.4, 0.5) is 0 Å². The van der Waals surface area contributed by atoms with E-state index in [4.69, 9.17) is 13.8 Å². The van der Waals surface area contributed by atoms with Gasteiger partial charge in [-0.05, 0) is 44.1 Å². The van der Waals surface area contributed by atoms with Crippen molar-refractivity contribution in [3.05, 3.63) is 35.9 Å². The Balaban J connectivity index is 2.75. The first-order valence-corrected chi connectivity index (χ1v) is 13.9. The van der Waals surface area contributed by atoms with Gasteiger partial charge in [0.15, 0.2) is 0 Å². The number of hydrogen-bond acceptors (Lipinski definition) is 5. The zero-order valence-electron chi connectivity index (χ0n) is 19.9. The van der Waals surface area contributed by atoms with Crippen LogP contribution in [0.25, 0.3) is 0 Å². The molecule has 0 aliphatic heterocycles. The Bertz CT molecular complexity index is 606. The number of esters is 1. The zero-order chi connectivity index (χ0) is 22.8. The normalized spacial score (nSPS) is 12.6. The van der Waals surface area contributed by atoms with Crippen molar-refractivity contribution in [1.82, 2.24) is 0 Å². The van der Waals surface area contributed by atoms with Crippen molar-refractivity contribution in [2.24, 2.45) is 0 Å². The first-order chi connectivity index (χ1) is 15.0. The summed E-state index contributed by atoms with van der Waals surface area (Å²) in [5.41, 5.74) is 1.25. The van der Waals surface area contributed by atoms with Crippen molar-refractivity contribution >= 4 is 13.6 Å². The number of benzene rings is 1. The second-order valence-corrected chi connectivity index (χ2v) is 10.2. The fourth-order valence-corrected chi connectivity index (χ4v) is 5.07. The van der Waals surface area contributed by atoms with Crippen LogP contribution in [0.5, 0.6) is 0 Å². The van der Waals surface area contributed by atoms with Crippen molar-refractivity contribution < 1.29 is 23.1 Å². The maximum Gasteiger partial charge on any atom is 0.334 e. The molecule has 1 rings (SSSR count). The Morgan fingerprint density at radius 3 is 2.06 bits per heavy atom. The molecule has 0 fully saturated rings. The molecule has 5 nitrogen and oxygen atoms in total. The van der Waals surface area contributed by atoms with Gasteiger partial charge in [0.25, 0.3) is 0 Å². The Kier molecular flexibility index (Phi) is 15.6. The second-order valence-electron chi connectivity index (χ2n) is 8.11. The molecule has 0 radical (unpaired) electrons. The molecule has 0 aromatic heterocycles. The summed E-state index contributed by atoms with van der Waals surface area (Å²) in [7, 11) is -3.31. The van der Waals surface area contributed by atoms with E-state index >= 15 is 0 Å². The van der Waals surface area contributed by atoms with Crippen LogP contribution >= 0.6 is 7.60 Å². The van der Waals surface area contributed by atoms with E-state index in [1.165, 1.54) is 5.56 Å². The lowest BCUT2D eigenvalue weighted by atomic mass is 10.1. The highest BCUT2D eigenvalue weighted by Crippen LogP contribution is 2.50. The van der Waals surface area contributed by atoms with Crippen LogP contribution < -0.4 is 0 Å². The van der Waals surface area contributed by atoms with Crippen LogP contribution in [0, 0.1) is 0 Å². The summed E-state index contributed by atoms with van der Waals surface area (Å²) in [6, 6.07) is 10.2. The number of hydrogen-bond donors (Lipinski definition) is 0. The standard InChI is InChI=1S/C25H43O5P/c1-4-7-11-19-25(26)30-24(18-14-17-23-15-12-10-13-16-23)22-31(27,28-20-8-5-2)29-21-9-6-3/h10,12-13,15-16,24H,4-9,11,14,17-22H2,1-3H3. The third-order valence-electron chi connectivity index (χ3n) is 5.12. The second kappa shape index (κ2) is 17.4. The summed E-state index contributed by atoms with van der Waals surface area (Å²) in [6.07, 6.45) is 8.94. The van der Waals surface area contributed by atoms with E-state index in [9.17, 15) is 9.36 Å². The summed E-state index contributed by atoms with van der Waals surface area (Å²) in [4.78, 5) is 12.4. The molecule has 6 heteroatoms.